The highest BCUT2D eigenvalue weighted by Gasteiger charge is 2.27. The van der Waals surface area contributed by atoms with Gasteiger partial charge in [-0.15, -0.1) is 0 Å². The fourth-order valence-corrected chi connectivity index (χ4v) is 7.65. The van der Waals surface area contributed by atoms with Gasteiger partial charge >= 0.3 is 0 Å². The van der Waals surface area contributed by atoms with Crippen LogP contribution in [0.1, 0.15) is 271 Å². The Morgan fingerprint density at radius 2 is 0.447 bits per heavy atom. The van der Waals surface area contributed by atoms with Gasteiger partial charge in [-0.05, 0) is 12.8 Å². The van der Waals surface area contributed by atoms with E-state index in [4.69, 9.17) is 0 Å². The van der Waals surface area contributed by atoms with Crippen molar-refractivity contribution in [3.63, 3.8) is 0 Å². The molecule has 2 heteroatoms. The number of hydrogen-bond acceptors (Lipinski definition) is 2. The van der Waals surface area contributed by atoms with E-state index in [1.165, 1.54) is 244 Å². The van der Waals surface area contributed by atoms with Gasteiger partial charge in [0.1, 0.15) is 0 Å². The van der Waals surface area contributed by atoms with E-state index in [9.17, 15) is 10.2 Å². The molecule has 0 atom stereocenters. The zero-order valence-corrected chi connectivity index (χ0v) is 33.1. The molecule has 2 nitrogen and oxygen atoms in total. The summed E-state index contributed by atoms with van der Waals surface area (Å²) in [6.07, 6.45) is 56.8. The Labute approximate surface area is 298 Å². The third-order valence-electron chi connectivity index (χ3n) is 11.3. The molecule has 0 bridgehead atoms. The highest BCUT2D eigenvalue weighted by Crippen LogP contribution is 2.32. The summed E-state index contributed by atoms with van der Waals surface area (Å²) >= 11 is 0. The SMILES string of the molecule is C1CCCCCCCCC1.C1CCCCCCCCC1.CCCCCCCCCCCCC.OCC1(CO)CCCCCCCCC1. The predicted molar refractivity (Wildman–Crippen MR) is 213 cm³/mol. The zero-order valence-electron chi connectivity index (χ0n) is 33.1. The lowest BCUT2D eigenvalue weighted by molar-refractivity contribution is 0.0345. The molecule has 3 aliphatic rings. The fourth-order valence-electron chi connectivity index (χ4n) is 7.65. The topological polar surface area (TPSA) is 40.5 Å². The van der Waals surface area contributed by atoms with Crippen LogP contribution < -0.4 is 0 Å². The maximum Gasteiger partial charge on any atom is 0.0509 e. The molecule has 2 N–H and O–H groups in total. The van der Waals surface area contributed by atoms with E-state index >= 15 is 0 Å². The summed E-state index contributed by atoms with van der Waals surface area (Å²) in [4.78, 5) is 0. The summed E-state index contributed by atoms with van der Waals surface area (Å²) in [5.41, 5.74) is -0.169. The van der Waals surface area contributed by atoms with Crippen molar-refractivity contribution >= 4 is 0 Å². The summed E-state index contributed by atoms with van der Waals surface area (Å²) in [5, 5.41) is 18.7. The Balaban J connectivity index is 0.000000606. The first kappa shape index (κ1) is 46.9. The first-order valence-corrected chi connectivity index (χ1v) is 22.5. The molecule has 0 spiro atoms. The van der Waals surface area contributed by atoms with Gasteiger partial charge in [0, 0.05) is 5.41 Å². The van der Waals surface area contributed by atoms with Crippen molar-refractivity contribution in [3.8, 4) is 0 Å². The molecule has 0 aromatic rings. The summed E-state index contributed by atoms with van der Waals surface area (Å²) in [6, 6.07) is 0. The maximum atomic E-state index is 9.36. The van der Waals surface area contributed by atoms with Crippen molar-refractivity contribution in [2.24, 2.45) is 5.41 Å². The smallest absolute Gasteiger partial charge is 0.0509 e. The summed E-state index contributed by atoms with van der Waals surface area (Å²) in [5.74, 6) is 0. The van der Waals surface area contributed by atoms with Gasteiger partial charge in [-0.25, -0.2) is 0 Å². The number of aliphatic hydroxyl groups excluding tert-OH is 2. The number of hydrogen-bond donors (Lipinski definition) is 2. The predicted octanol–water partition coefficient (Wildman–Crippen LogP) is 15.6. The maximum absolute atomic E-state index is 9.36. The number of rotatable bonds is 12. The van der Waals surface area contributed by atoms with E-state index < -0.39 is 0 Å². The average Bonchev–Trinajstić information content (AvgIpc) is 3.12. The van der Waals surface area contributed by atoms with Gasteiger partial charge in [-0.1, -0.05) is 258 Å². The van der Waals surface area contributed by atoms with E-state index in [1.54, 1.807) is 0 Å². The molecule has 3 saturated carbocycles. The Morgan fingerprint density at radius 1 is 0.277 bits per heavy atom. The van der Waals surface area contributed by atoms with Gasteiger partial charge in [-0.3, -0.25) is 0 Å². The lowest BCUT2D eigenvalue weighted by Crippen LogP contribution is -2.30. The van der Waals surface area contributed by atoms with Crippen LogP contribution in [0.4, 0.5) is 0 Å². The normalized spacial score (nSPS) is 20.4. The average molecular weight is 665 g/mol. The number of unbranched alkanes of at least 4 members (excludes halogenated alkanes) is 10. The third-order valence-corrected chi connectivity index (χ3v) is 11.3. The molecule has 0 aliphatic heterocycles. The van der Waals surface area contributed by atoms with Crippen molar-refractivity contribution in [2.45, 2.75) is 271 Å². The van der Waals surface area contributed by atoms with Crippen molar-refractivity contribution in [3.05, 3.63) is 0 Å². The van der Waals surface area contributed by atoms with Gasteiger partial charge in [-0.2, -0.15) is 0 Å². The van der Waals surface area contributed by atoms with E-state index in [-0.39, 0.29) is 18.6 Å². The van der Waals surface area contributed by atoms with Gasteiger partial charge in [0.05, 0.1) is 13.2 Å². The molecule has 47 heavy (non-hydrogen) atoms. The van der Waals surface area contributed by atoms with E-state index in [0.29, 0.717) is 0 Å². The molecule has 0 aromatic carbocycles. The Bertz CT molecular complexity index is 434. The molecular formula is C45H92O2. The van der Waals surface area contributed by atoms with Crippen LogP contribution >= 0.6 is 0 Å². The summed E-state index contributed by atoms with van der Waals surface area (Å²) in [7, 11) is 0. The first-order valence-electron chi connectivity index (χ1n) is 22.5. The lowest BCUT2D eigenvalue weighted by atomic mass is 9.78. The van der Waals surface area contributed by atoms with Crippen LogP contribution in [0.5, 0.6) is 0 Å². The lowest BCUT2D eigenvalue weighted by Gasteiger charge is -2.30. The summed E-state index contributed by atoms with van der Waals surface area (Å²) in [6.45, 7) is 4.88. The molecule has 3 rings (SSSR count). The van der Waals surface area contributed by atoms with E-state index in [2.05, 4.69) is 13.8 Å². The van der Waals surface area contributed by atoms with Crippen LogP contribution in [0.2, 0.25) is 0 Å². The van der Waals surface area contributed by atoms with Gasteiger partial charge in [0.2, 0.25) is 0 Å². The number of aliphatic hydroxyl groups is 2. The second-order valence-corrected chi connectivity index (χ2v) is 16.0. The minimum absolute atomic E-state index is 0.156. The molecule has 0 amide bonds. The quantitative estimate of drug-likeness (QED) is 0.204. The second kappa shape index (κ2) is 40.4. The molecule has 3 fully saturated rings. The van der Waals surface area contributed by atoms with Crippen molar-refractivity contribution in [2.75, 3.05) is 13.2 Å². The Morgan fingerprint density at radius 3 is 0.617 bits per heavy atom. The molecular weight excluding hydrogens is 572 g/mol. The highest BCUT2D eigenvalue weighted by atomic mass is 16.3. The largest absolute Gasteiger partial charge is 0.396 e. The van der Waals surface area contributed by atoms with E-state index in [0.717, 1.165) is 12.8 Å². The molecule has 3 aliphatic carbocycles. The second-order valence-electron chi connectivity index (χ2n) is 16.0. The molecule has 0 heterocycles. The van der Waals surface area contributed by atoms with Crippen LogP contribution in [0.15, 0.2) is 0 Å². The van der Waals surface area contributed by atoms with E-state index in [1.807, 2.05) is 0 Å². The Hall–Kier alpha value is -0.0800. The summed E-state index contributed by atoms with van der Waals surface area (Å²) < 4.78 is 0. The minimum Gasteiger partial charge on any atom is -0.396 e. The van der Waals surface area contributed by atoms with Gasteiger partial charge < -0.3 is 10.2 Å². The zero-order chi connectivity index (χ0) is 34.2. The van der Waals surface area contributed by atoms with Crippen molar-refractivity contribution in [1.29, 1.82) is 0 Å². The van der Waals surface area contributed by atoms with Gasteiger partial charge in [0.15, 0.2) is 0 Å². The van der Waals surface area contributed by atoms with Crippen molar-refractivity contribution < 1.29 is 10.2 Å². The van der Waals surface area contributed by atoms with Crippen LogP contribution in [-0.2, 0) is 0 Å². The minimum atomic E-state index is -0.169. The van der Waals surface area contributed by atoms with Crippen molar-refractivity contribution in [1.82, 2.24) is 0 Å². The van der Waals surface area contributed by atoms with Crippen LogP contribution in [0.3, 0.4) is 0 Å². The first-order chi connectivity index (χ1) is 23.2. The molecule has 0 radical (unpaired) electrons. The van der Waals surface area contributed by atoms with Crippen LogP contribution in [0.25, 0.3) is 0 Å². The molecule has 284 valence electrons. The standard InChI is InChI=1S/C13H28.C12H24O2.2C10H20/c1-3-5-7-9-11-13-12-10-8-6-4-2;13-10-12(11-14)8-6-4-2-1-3-5-7-9-12;2*1-2-4-6-8-10-9-7-5-3-1/h3-13H2,1-2H3;13-14H,1-11H2;2*1-10H2. The monoisotopic (exact) mass is 665 g/mol. The Kier molecular flexibility index (Phi) is 40.3. The highest BCUT2D eigenvalue weighted by molar-refractivity contribution is 4.78. The molecule has 0 saturated heterocycles. The van der Waals surface area contributed by atoms with Crippen LogP contribution in [0, 0.1) is 5.41 Å². The van der Waals surface area contributed by atoms with Crippen LogP contribution in [-0.4, -0.2) is 23.4 Å². The molecule has 0 aromatic heterocycles. The fraction of sp³-hybridized carbons (Fsp3) is 1.00. The van der Waals surface area contributed by atoms with Gasteiger partial charge in [0.25, 0.3) is 0 Å². The third kappa shape index (κ3) is 35.5. The molecule has 0 unspecified atom stereocenters.